The molecule has 2 heterocycles. The monoisotopic (exact) mass is 437 g/mol. The number of hydrogen-bond donors (Lipinski definition) is 1. The first kappa shape index (κ1) is 20.9. The standard InChI is InChI=1S/C23H24ClN5O2/c1-16-14-21(26-19-6-8-20(31-2)9-7-19)27-23(25-16)29-12-10-28(11-13-29)22(30)17-4-3-5-18(24)15-17/h3-9,14-15H,10-13H2,1-2H3,(H,25,26,27). The van der Waals surface area contributed by atoms with Crippen molar-refractivity contribution in [2.75, 3.05) is 43.5 Å². The number of carbonyl (C=O) groups is 1. The van der Waals surface area contributed by atoms with E-state index in [1.165, 1.54) is 0 Å². The van der Waals surface area contributed by atoms with E-state index in [1.54, 1.807) is 31.4 Å². The highest BCUT2D eigenvalue weighted by molar-refractivity contribution is 6.30. The molecule has 1 aliphatic heterocycles. The van der Waals surface area contributed by atoms with Crippen LogP contribution in [0.15, 0.2) is 54.6 Å². The summed E-state index contributed by atoms with van der Waals surface area (Å²) in [6.45, 7) is 4.48. The van der Waals surface area contributed by atoms with Crippen LogP contribution in [-0.2, 0) is 0 Å². The second-order valence-corrected chi connectivity index (χ2v) is 7.77. The minimum absolute atomic E-state index is 0.00540. The van der Waals surface area contributed by atoms with Crippen LogP contribution in [0.1, 0.15) is 16.1 Å². The molecule has 0 unspecified atom stereocenters. The fourth-order valence-electron chi connectivity index (χ4n) is 3.49. The fourth-order valence-corrected chi connectivity index (χ4v) is 3.68. The molecule has 0 saturated carbocycles. The summed E-state index contributed by atoms with van der Waals surface area (Å²) in [5, 5.41) is 3.88. The molecule has 0 bridgehead atoms. The number of methoxy groups -OCH3 is 1. The molecule has 0 aliphatic carbocycles. The zero-order chi connectivity index (χ0) is 21.8. The molecule has 1 saturated heterocycles. The van der Waals surface area contributed by atoms with Crippen molar-refractivity contribution in [3.63, 3.8) is 0 Å². The van der Waals surface area contributed by atoms with Crippen LogP contribution in [0.2, 0.25) is 5.02 Å². The molecular formula is C23H24ClN5O2. The third kappa shape index (κ3) is 5.06. The number of ether oxygens (including phenoxy) is 1. The highest BCUT2D eigenvalue weighted by Crippen LogP contribution is 2.22. The molecule has 0 spiro atoms. The average molecular weight is 438 g/mol. The van der Waals surface area contributed by atoms with Gasteiger partial charge in [-0.2, -0.15) is 4.98 Å². The van der Waals surface area contributed by atoms with Crippen LogP contribution in [0, 0.1) is 6.92 Å². The number of rotatable bonds is 5. The molecular weight excluding hydrogens is 414 g/mol. The molecule has 8 heteroatoms. The average Bonchev–Trinajstić information content (AvgIpc) is 2.79. The number of carbonyl (C=O) groups excluding carboxylic acids is 1. The summed E-state index contributed by atoms with van der Waals surface area (Å²) in [5.74, 6) is 2.18. The molecule has 0 atom stereocenters. The van der Waals surface area contributed by atoms with E-state index in [0.717, 1.165) is 22.9 Å². The lowest BCUT2D eigenvalue weighted by Gasteiger charge is -2.35. The molecule has 1 N–H and O–H groups in total. The molecule has 160 valence electrons. The van der Waals surface area contributed by atoms with Crippen molar-refractivity contribution in [3.8, 4) is 5.75 Å². The molecule has 0 radical (unpaired) electrons. The number of amides is 1. The molecule has 3 aromatic rings. The quantitative estimate of drug-likeness (QED) is 0.646. The molecule has 31 heavy (non-hydrogen) atoms. The molecule has 1 aromatic heterocycles. The van der Waals surface area contributed by atoms with Crippen LogP contribution in [0.25, 0.3) is 0 Å². The number of hydrogen-bond acceptors (Lipinski definition) is 6. The lowest BCUT2D eigenvalue weighted by Crippen LogP contribution is -2.49. The highest BCUT2D eigenvalue weighted by atomic mass is 35.5. The first-order valence-electron chi connectivity index (χ1n) is 10.1. The van der Waals surface area contributed by atoms with Crippen LogP contribution in [0.4, 0.5) is 17.5 Å². The zero-order valence-corrected chi connectivity index (χ0v) is 18.3. The molecule has 4 rings (SSSR count). The Kier molecular flexibility index (Phi) is 6.23. The Morgan fingerprint density at radius 2 is 1.77 bits per heavy atom. The second-order valence-electron chi connectivity index (χ2n) is 7.34. The van der Waals surface area contributed by atoms with Gasteiger partial charge in [-0.3, -0.25) is 4.79 Å². The van der Waals surface area contributed by atoms with Crippen molar-refractivity contribution in [2.24, 2.45) is 0 Å². The number of aromatic nitrogens is 2. The van der Waals surface area contributed by atoms with Gasteiger partial charge in [-0.25, -0.2) is 4.98 Å². The van der Waals surface area contributed by atoms with Gasteiger partial charge in [0.2, 0.25) is 5.95 Å². The van der Waals surface area contributed by atoms with Gasteiger partial charge in [-0.05, 0) is 49.4 Å². The Balaban J connectivity index is 1.42. The van der Waals surface area contributed by atoms with Gasteiger partial charge in [0, 0.05) is 54.2 Å². The number of nitrogens with one attached hydrogen (secondary N) is 1. The topological polar surface area (TPSA) is 70.6 Å². The lowest BCUT2D eigenvalue weighted by molar-refractivity contribution is 0.0746. The third-order valence-corrected chi connectivity index (χ3v) is 5.36. The smallest absolute Gasteiger partial charge is 0.254 e. The van der Waals surface area contributed by atoms with Crippen LogP contribution in [0.5, 0.6) is 5.75 Å². The highest BCUT2D eigenvalue weighted by Gasteiger charge is 2.24. The summed E-state index contributed by atoms with van der Waals surface area (Å²) >= 11 is 6.03. The maximum atomic E-state index is 12.8. The van der Waals surface area contributed by atoms with Gasteiger partial charge in [-0.15, -0.1) is 0 Å². The minimum Gasteiger partial charge on any atom is -0.497 e. The normalized spacial score (nSPS) is 13.8. The molecule has 7 nitrogen and oxygen atoms in total. The van der Waals surface area contributed by atoms with Crippen molar-refractivity contribution in [1.29, 1.82) is 0 Å². The van der Waals surface area contributed by atoms with Gasteiger partial charge >= 0.3 is 0 Å². The van der Waals surface area contributed by atoms with E-state index in [9.17, 15) is 4.79 Å². The van der Waals surface area contributed by atoms with Gasteiger partial charge in [0.25, 0.3) is 5.91 Å². The largest absolute Gasteiger partial charge is 0.497 e. The number of anilines is 3. The molecule has 2 aromatic carbocycles. The molecule has 1 amide bonds. The van der Waals surface area contributed by atoms with Crippen LogP contribution in [-0.4, -0.2) is 54.1 Å². The van der Waals surface area contributed by atoms with E-state index in [0.29, 0.717) is 42.7 Å². The van der Waals surface area contributed by atoms with Crippen LogP contribution >= 0.6 is 11.6 Å². The number of aryl methyl sites for hydroxylation is 1. The maximum Gasteiger partial charge on any atom is 0.254 e. The number of benzene rings is 2. The number of halogens is 1. The summed E-state index contributed by atoms with van der Waals surface area (Å²) in [6, 6.07) is 16.6. The van der Waals surface area contributed by atoms with E-state index >= 15 is 0 Å². The first-order valence-corrected chi connectivity index (χ1v) is 10.5. The van der Waals surface area contributed by atoms with Crippen LogP contribution in [0.3, 0.4) is 0 Å². The Labute approximate surface area is 186 Å². The van der Waals surface area contributed by atoms with E-state index < -0.39 is 0 Å². The maximum absolute atomic E-state index is 12.8. The van der Waals surface area contributed by atoms with Crippen molar-refractivity contribution >= 4 is 35.0 Å². The minimum atomic E-state index is -0.00540. The first-order chi connectivity index (χ1) is 15.0. The van der Waals surface area contributed by atoms with Crippen molar-refractivity contribution in [1.82, 2.24) is 14.9 Å². The zero-order valence-electron chi connectivity index (χ0n) is 17.5. The predicted octanol–water partition coefficient (Wildman–Crippen LogP) is 4.15. The second kappa shape index (κ2) is 9.22. The summed E-state index contributed by atoms with van der Waals surface area (Å²) in [6.07, 6.45) is 0. The SMILES string of the molecule is COc1ccc(Nc2cc(C)nc(N3CCN(C(=O)c4cccc(Cl)c4)CC3)n2)cc1. The Morgan fingerprint density at radius 1 is 1.03 bits per heavy atom. The van der Waals surface area contributed by atoms with Gasteiger partial charge in [0.15, 0.2) is 0 Å². The van der Waals surface area contributed by atoms with Crippen molar-refractivity contribution in [2.45, 2.75) is 6.92 Å². The third-order valence-electron chi connectivity index (χ3n) is 5.13. The van der Waals surface area contributed by atoms with Crippen LogP contribution < -0.4 is 15.0 Å². The van der Waals surface area contributed by atoms with Gasteiger partial charge in [0.05, 0.1) is 7.11 Å². The van der Waals surface area contributed by atoms with E-state index in [1.807, 2.05) is 42.2 Å². The molecule has 1 fully saturated rings. The van der Waals surface area contributed by atoms with Gasteiger partial charge < -0.3 is 19.9 Å². The summed E-state index contributed by atoms with van der Waals surface area (Å²) in [5.41, 5.74) is 2.40. The summed E-state index contributed by atoms with van der Waals surface area (Å²) < 4.78 is 5.20. The number of nitrogens with zero attached hydrogens (tertiary/aromatic N) is 4. The summed E-state index contributed by atoms with van der Waals surface area (Å²) in [4.78, 5) is 26.0. The Hall–Kier alpha value is -3.32. The molecule has 1 aliphatic rings. The van der Waals surface area contributed by atoms with Gasteiger partial charge in [-0.1, -0.05) is 17.7 Å². The Bertz CT molecular complexity index is 1070. The van der Waals surface area contributed by atoms with Gasteiger partial charge in [0.1, 0.15) is 11.6 Å². The van der Waals surface area contributed by atoms with E-state index in [-0.39, 0.29) is 5.91 Å². The Morgan fingerprint density at radius 3 is 2.45 bits per heavy atom. The summed E-state index contributed by atoms with van der Waals surface area (Å²) in [7, 11) is 1.64. The fraction of sp³-hybridized carbons (Fsp3) is 0.261. The number of piperazine rings is 1. The lowest BCUT2D eigenvalue weighted by atomic mass is 10.2. The van der Waals surface area contributed by atoms with E-state index in [2.05, 4.69) is 20.2 Å². The van der Waals surface area contributed by atoms with Crippen molar-refractivity contribution < 1.29 is 9.53 Å². The van der Waals surface area contributed by atoms with E-state index in [4.69, 9.17) is 16.3 Å². The van der Waals surface area contributed by atoms with Crippen molar-refractivity contribution in [3.05, 3.63) is 70.9 Å². The predicted molar refractivity (Wildman–Crippen MR) is 123 cm³/mol.